The van der Waals surface area contributed by atoms with Crippen LogP contribution in [0.5, 0.6) is 0 Å². The van der Waals surface area contributed by atoms with Gasteiger partial charge in [0.15, 0.2) is 5.13 Å². The fourth-order valence-electron chi connectivity index (χ4n) is 3.25. The van der Waals surface area contributed by atoms with E-state index in [4.69, 9.17) is 0 Å². The van der Waals surface area contributed by atoms with E-state index >= 15 is 0 Å². The number of piperidine rings is 1. The van der Waals surface area contributed by atoms with Crippen LogP contribution < -0.4 is 10.2 Å². The van der Waals surface area contributed by atoms with Crippen molar-refractivity contribution in [2.24, 2.45) is 0 Å². The molecule has 0 unspecified atom stereocenters. The predicted molar refractivity (Wildman–Crippen MR) is 103 cm³/mol. The first-order valence-corrected chi connectivity index (χ1v) is 9.77. The molecule has 8 heteroatoms. The molecule has 0 atom stereocenters. The van der Waals surface area contributed by atoms with Crippen LogP contribution in [0.1, 0.15) is 12.8 Å². The fourth-order valence-corrected chi connectivity index (χ4v) is 3.95. The lowest BCUT2D eigenvalue weighted by Crippen LogP contribution is -2.45. The number of anilines is 1. The van der Waals surface area contributed by atoms with Gasteiger partial charge >= 0.3 is 0 Å². The lowest BCUT2D eigenvalue weighted by Gasteiger charge is -2.32. The maximum absolute atomic E-state index is 13.0. The molecule has 3 heterocycles. The van der Waals surface area contributed by atoms with E-state index in [2.05, 4.69) is 20.3 Å². The molecule has 3 aromatic rings. The second-order valence-corrected chi connectivity index (χ2v) is 7.45. The fraction of sp³-hybridized carbons (Fsp3) is 0.316. The van der Waals surface area contributed by atoms with Crippen LogP contribution in [0.2, 0.25) is 0 Å². The number of aromatic nitrogens is 3. The SMILES string of the molecule is O=C(Cn1cc(-c2ccc(F)cc2)cn1)NC1CCN(c2nccs2)CC1. The molecule has 140 valence electrons. The molecule has 1 N–H and O–H groups in total. The molecular formula is C19H20FN5OS. The van der Waals surface area contributed by atoms with E-state index in [0.717, 1.165) is 42.2 Å². The first-order valence-electron chi connectivity index (χ1n) is 8.89. The Kier molecular flexibility index (Phi) is 5.15. The number of amides is 1. The van der Waals surface area contributed by atoms with E-state index in [1.807, 2.05) is 11.6 Å². The Balaban J connectivity index is 1.28. The zero-order valence-corrected chi connectivity index (χ0v) is 15.5. The molecule has 1 aliphatic rings. The van der Waals surface area contributed by atoms with Gasteiger partial charge in [-0.05, 0) is 30.5 Å². The molecule has 1 aliphatic heterocycles. The number of thiazole rings is 1. The van der Waals surface area contributed by atoms with Gasteiger partial charge in [0.1, 0.15) is 12.4 Å². The van der Waals surface area contributed by atoms with Gasteiger partial charge in [0.05, 0.1) is 6.20 Å². The monoisotopic (exact) mass is 385 g/mol. The van der Waals surface area contributed by atoms with Crippen LogP contribution in [0.4, 0.5) is 9.52 Å². The summed E-state index contributed by atoms with van der Waals surface area (Å²) in [4.78, 5) is 18.9. The number of benzene rings is 1. The van der Waals surface area contributed by atoms with Crippen molar-refractivity contribution >= 4 is 22.4 Å². The largest absolute Gasteiger partial charge is 0.352 e. The first-order chi connectivity index (χ1) is 13.2. The third kappa shape index (κ3) is 4.33. The van der Waals surface area contributed by atoms with Crippen LogP contribution in [0.15, 0.2) is 48.2 Å². The normalized spacial score (nSPS) is 15.1. The molecule has 1 fully saturated rings. The van der Waals surface area contributed by atoms with Crippen LogP contribution in [0.3, 0.4) is 0 Å². The molecule has 27 heavy (non-hydrogen) atoms. The highest BCUT2D eigenvalue weighted by Gasteiger charge is 2.22. The van der Waals surface area contributed by atoms with Gasteiger partial charge in [-0.25, -0.2) is 9.37 Å². The summed E-state index contributed by atoms with van der Waals surface area (Å²) < 4.78 is 14.6. The van der Waals surface area contributed by atoms with Gasteiger partial charge in [-0.2, -0.15) is 5.10 Å². The summed E-state index contributed by atoms with van der Waals surface area (Å²) in [7, 11) is 0. The minimum Gasteiger partial charge on any atom is -0.352 e. The zero-order chi connectivity index (χ0) is 18.6. The van der Waals surface area contributed by atoms with Crippen LogP contribution >= 0.6 is 11.3 Å². The van der Waals surface area contributed by atoms with Crippen molar-refractivity contribution < 1.29 is 9.18 Å². The van der Waals surface area contributed by atoms with Crippen molar-refractivity contribution in [3.8, 4) is 11.1 Å². The molecule has 0 spiro atoms. The van der Waals surface area contributed by atoms with Crippen molar-refractivity contribution in [1.29, 1.82) is 0 Å². The molecule has 1 aromatic carbocycles. The first kappa shape index (κ1) is 17.7. The van der Waals surface area contributed by atoms with Crippen molar-refractivity contribution in [1.82, 2.24) is 20.1 Å². The Bertz CT molecular complexity index is 885. The summed E-state index contributed by atoms with van der Waals surface area (Å²) >= 11 is 1.64. The van der Waals surface area contributed by atoms with E-state index in [0.29, 0.717) is 0 Å². The number of carbonyl (C=O) groups is 1. The Hall–Kier alpha value is -2.74. The molecule has 0 saturated carbocycles. The summed E-state index contributed by atoms with van der Waals surface area (Å²) in [6.45, 7) is 1.97. The minimum absolute atomic E-state index is 0.0449. The maximum Gasteiger partial charge on any atom is 0.241 e. The number of nitrogens with zero attached hydrogens (tertiary/aromatic N) is 4. The number of hydrogen-bond donors (Lipinski definition) is 1. The molecule has 4 rings (SSSR count). The van der Waals surface area contributed by atoms with E-state index in [-0.39, 0.29) is 24.3 Å². The second kappa shape index (κ2) is 7.87. The van der Waals surface area contributed by atoms with Crippen LogP contribution in [-0.2, 0) is 11.3 Å². The summed E-state index contributed by atoms with van der Waals surface area (Å²) in [5.41, 5.74) is 1.73. The Morgan fingerprint density at radius 2 is 2.00 bits per heavy atom. The van der Waals surface area contributed by atoms with E-state index in [1.54, 1.807) is 40.5 Å². The van der Waals surface area contributed by atoms with Gasteiger partial charge in [0.25, 0.3) is 0 Å². The Labute approximate surface area is 160 Å². The maximum atomic E-state index is 13.0. The van der Waals surface area contributed by atoms with Gasteiger partial charge < -0.3 is 10.2 Å². The Morgan fingerprint density at radius 3 is 2.70 bits per heavy atom. The van der Waals surface area contributed by atoms with E-state index < -0.39 is 0 Å². The third-order valence-corrected chi connectivity index (χ3v) is 5.50. The Morgan fingerprint density at radius 1 is 1.22 bits per heavy atom. The average molecular weight is 385 g/mol. The number of carbonyl (C=O) groups excluding carboxylic acids is 1. The molecule has 1 saturated heterocycles. The summed E-state index contributed by atoms with van der Waals surface area (Å²) in [5, 5.41) is 10.4. The highest BCUT2D eigenvalue weighted by atomic mass is 32.1. The predicted octanol–water partition coefficient (Wildman–Crippen LogP) is 2.93. The molecule has 0 radical (unpaired) electrons. The molecule has 6 nitrogen and oxygen atoms in total. The van der Waals surface area contributed by atoms with Crippen molar-refractivity contribution in [2.45, 2.75) is 25.4 Å². The standard InChI is InChI=1S/C19H20FN5OS/c20-16-3-1-14(2-4-16)15-11-22-25(12-15)13-18(26)23-17-5-8-24(9-6-17)19-21-7-10-27-19/h1-4,7,10-12,17H,5-6,8-9,13H2,(H,23,26). The number of rotatable bonds is 5. The van der Waals surface area contributed by atoms with Crippen LogP contribution in [0, 0.1) is 5.82 Å². The van der Waals surface area contributed by atoms with Crippen molar-refractivity contribution in [3.05, 3.63) is 54.1 Å². The summed E-state index contributed by atoms with van der Waals surface area (Å²) in [6, 6.07) is 6.41. The lowest BCUT2D eigenvalue weighted by atomic mass is 10.1. The highest BCUT2D eigenvalue weighted by Crippen LogP contribution is 2.22. The summed E-state index contributed by atoms with van der Waals surface area (Å²) in [6.07, 6.45) is 7.12. The van der Waals surface area contributed by atoms with Crippen molar-refractivity contribution in [2.75, 3.05) is 18.0 Å². The third-order valence-electron chi connectivity index (χ3n) is 4.67. The second-order valence-electron chi connectivity index (χ2n) is 6.58. The minimum atomic E-state index is -0.272. The lowest BCUT2D eigenvalue weighted by molar-refractivity contribution is -0.122. The van der Waals surface area contributed by atoms with Gasteiger partial charge in [0, 0.05) is 42.5 Å². The van der Waals surface area contributed by atoms with E-state index in [1.165, 1.54) is 12.1 Å². The van der Waals surface area contributed by atoms with Gasteiger partial charge in [-0.1, -0.05) is 12.1 Å². The number of nitrogens with one attached hydrogen (secondary N) is 1. The van der Waals surface area contributed by atoms with Gasteiger partial charge in [0.2, 0.25) is 5.91 Å². The van der Waals surface area contributed by atoms with Gasteiger partial charge in [-0.15, -0.1) is 11.3 Å². The highest BCUT2D eigenvalue weighted by molar-refractivity contribution is 7.13. The average Bonchev–Trinajstić information content (AvgIpc) is 3.35. The number of hydrogen-bond acceptors (Lipinski definition) is 5. The van der Waals surface area contributed by atoms with Crippen molar-refractivity contribution in [3.63, 3.8) is 0 Å². The summed E-state index contributed by atoms with van der Waals surface area (Å²) in [5.74, 6) is -0.317. The smallest absolute Gasteiger partial charge is 0.241 e. The van der Waals surface area contributed by atoms with Crippen LogP contribution in [0.25, 0.3) is 11.1 Å². The molecular weight excluding hydrogens is 365 g/mol. The molecule has 0 bridgehead atoms. The topological polar surface area (TPSA) is 63.1 Å². The molecule has 1 amide bonds. The molecule has 0 aliphatic carbocycles. The molecule has 2 aromatic heterocycles. The zero-order valence-electron chi connectivity index (χ0n) is 14.7. The quantitative estimate of drug-likeness (QED) is 0.734. The number of halogens is 1. The van der Waals surface area contributed by atoms with E-state index in [9.17, 15) is 9.18 Å². The van der Waals surface area contributed by atoms with Gasteiger partial charge in [-0.3, -0.25) is 9.48 Å². The van der Waals surface area contributed by atoms with Crippen LogP contribution in [-0.4, -0.2) is 39.8 Å².